The fourth-order valence-electron chi connectivity index (χ4n) is 4.65. The van der Waals surface area contributed by atoms with Crippen molar-refractivity contribution in [3.63, 3.8) is 0 Å². The number of likely N-dealkylation sites (tertiary alicyclic amines) is 2. The Morgan fingerprint density at radius 3 is 2.36 bits per heavy atom. The highest BCUT2D eigenvalue weighted by molar-refractivity contribution is 5.76. The number of benzene rings is 1. The van der Waals surface area contributed by atoms with Gasteiger partial charge in [0.2, 0.25) is 11.8 Å². The number of carbonyl (C=O) groups is 2. The highest BCUT2D eigenvalue weighted by Gasteiger charge is 2.41. The molecule has 2 aliphatic rings. The molecule has 5 nitrogen and oxygen atoms in total. The van der Waals surface area contributed by atoms with Crippen molar-refractivity contribution in [2.24, 2.45) is 23.7 Å². The molecule has 0 bridgehead atoms. The SMILES string of the molecule is CC(=O)N1CCC([C@@H]2CN(C(=O)CC(C)C)C[C@H]2COc2ccccc2)CC1. The van der Waals surface area contributed by atoms with Gasteiger partial charge in [-0.15, -0.1) is 0 Å². The molecule has 5 heteroatoms. The third-order valence-corrected chi connectivity index (χ3v) is 6.22. The Kier molecular flexibility index (Phi) is 6.97. The van der Waals surface area contributed by atoms with E-state index >= 15 is 0 Å². The smallest absolute Gasteiger partial charge is 0.222 e. The third-order valence-electron chi connectivity index (χ3n) is 6.22. The van der Waals surface area contributed by atoms with Crippen LogP contribution >= 0.6 is 0 Å². The van der Waals surface area contributed by atoms with Crippen molar-refractivity contribution in [3.05, 3.63) is 30.3 Å². The Bertz CT molecular complexity index is 653. The Morgan fingerprint density at radius 1 is 1.07 bits per heavy atom. The highest BCUT2D eigenvalue weighted by Crippen LogP contribution is 2.36. The molecule has 0 unspecified atom stereocenters. The van der Waals surface area contributed by atoms with Crippen LogP contribution < -0.4 is 4.74 Å². The van der Waals surface area contributed by atoms with Gasteiger partial charge in [-0.05, 0) is 42.7 Å². The summed E-state index contributed by atoms with van der Waals surface area (Å²) in [6, 6.07) is 9.92. The Hall–Kier alpha value is -2.04. The number of piperidine rings is 1. The van der Waals surface area contributed by atoms with E-state index in [1.54, 1.807) is 6.92 Å². The highest BCUT2D eigenvalue weighted by atomic mass is 16.5. The zero-order valence-electron chi connectivity index (χ0n) is 17.5. The van der Waals surface area contributed by atoms with Crippen LogP contribution in [0, 0.1) is 23.7 Å². The molecule has 2 amide bonds. The number of hydrogen-bond acceptors (Lipinski definition) is 3. The first kappa shape index (κ1) is 20.7. The van der Waals surface area contributed by atoms with Crippen molar-refractivity contribution in [2.45, 2.75) is 40.0 Å². The molecule has 1 aromatic carbocycles. The summed E-state index contributed by atoms with van der Waals surface area (Å²) < 4.78 is 6.08. The molecule has 0 N–H and O–H groups in total. The molecule has 28 heavy (non-hydrogen) atoms. The quantitative estimate of drug-likeness (QED) is 0.752. The first-order valence-electron chi connectivity index (χ1n) is 10.6. The number of ether oxygens (including phenoxy) is 1. The van der Waals surface area contributed by atoms with E-state index in [2.05, 4.69) is 18.7 Å². The molecule has 0 aromatic heterocycles. The van der Waals surface area contributed by atoms with Crippen molar-refractivity contribution in [3.8, 4) is 5.75 Å². The number of nitrogens with zero attached hydrogens (tertiary/aromatic N) is 2. The summed E-state index contributed by atoms with van der Waals surface area (Å²) in [6.45, 7) is 9.78. The predicted molar refractivity (Wildman–Crippen MR) is 110 cm³/mol. The van der Waals surface area contributed by atoms with Crippen LogP contribution in [0.4, 0.5) is 0 Å². The average Bonchev–Trinajstić information content (AvgIpc) is 3.11. The van der Waals surface area contributed by atoms with Crippen LogP contribution in [0.15, 0.2) is 30.3 Å². The van der Waals surface area contributed by atoms with Crippen LogP contribution in [-0.2, 0) is 9.59 Å². The van der Waals surface area contributed by atoms with Crippen molar-refractivity contribution in [1.29, 1.82) is 0 Å². The minimum atomic E-state index is 0.169. The molecular formula is C23H34N2O3. The molecule has 2 atom stereocenters. The Morgan fingerprint density at radius 2 is 1.75 bits per heavy atom. The van der Waals surface area contributed by atoms with Crippen molar-refractivity contribution >= 4 is 11.8 Å². The Labute approximate surface area is 169 Å². The molecule has 0 saturated carbocycles. The largest absolute Gasteiger partial charge is 0.493 e. The van der Waals surface area contributed by atoms with Crippen molar-refractivity contribution in [1.82, 2.24) is 9.80 Å². The lowest BCUT2D eigenvalue weighted by Gasteiger charge is -2.36. The van der Waals surface area contributed by atoms with Gasteiger partial charge >= 0.3 is 0 Å². The summed E-state index contributed by atoms with van der Waals surface area (Å²) in [5, 5.41) is 0. The number of hydrogen-bond donors (Lipinski definition) is 0. The van der Waals surface area contributed by atoms with Gasteiger partial charge in [0.15, 0.2) is 0 Å². The number of amides is 2. The van der Waals surface area contributed by atoms with Crippen LogP contribution in [0.5, 0.6) is 5.75 Å². The van der Waals surface area contributed by atoms with Gasteiger partial charge in [-0.25, -0.2) is 0 Å². The number of carbonyl (C=O) groups excluding carboxylic acids is 2. The van der Waals surface area contributed by atoms with E-state index < -0.39 is 0 Å². The van der Waals surface area contributed by atoms with E-state index in [-0.39, 0.29) is 11.8 Å². The van der Waals surface area contributed by atoms with Crippen LogP contribution in [-0.4, -0.2) is 54.4 Å². The summed E-state index contributed by atoms with van der Waals surface area (Å²) in [7, 11) is 0. The second-order valence-electron chi connectivity index (χ2n) is 8.79. The van der Waals surface area contributed by atoms with Gasteiger partial charge in [0, 0.05) is 45.4 Å². The van der Waals surface area contributed by atoms with Gasteiger partial charge in [0.25, 0.3) is 0 Å². The van der Waals surface area contributed by atoms with Crippen molar-refractivity contribution in [2.75, 3.05) is 32.8 Å². The fourth-order valence-corrected chi connectivity index (χ4v) is 4.65. The number of para-hydroxylation sites is 1. The van der Waals surface area contributed by atoms with E-state index in [0.717, 1.165) is 44.8 Å². The van der Waals surface area contributed by atoms with Gasteiger partial charge < -0.3 is 14.5 Å². The van der Waals surface area contributed by atoms with E-state index in [9.17, 15) is 9.59 Å². The maximum Gasteiger partial charge on any atom is 0.222 e. The lowest BCUT2D eigenvalue weighted by molar-refractivity contribution is -0.131. The zero-order chi connectivity index (χ0) is 20.1. The second-order valence-corrected chi connectivity index (χ2v) is 8.79. The lowest BCUT2D eigenvalue weighted by Crippen LogP contribution is -2.40. The first-order valence-corrected chi connectivity index (χ1v) is 10.6. The van der Waals surface area contributed by atoms with E-state index in [1.165, 1.54) is 0 Å². The van der Waals surface area contributed by atoms with E-state index in [1.807, 2.05) is 35.2 Å². The second kappa shape index (κ2) is 9.44. The molecular weight excluding hydrogens is 352 g/mol. The van der Waals surface area contributed by atoms with Crippen LogP contribution in [0.25, 0.3) is 0 Å². The summed E-state index contributed by atoms with van der Waals surface area (Å²) >= 11 is 0. The molecule has 2 fully saturated rings. The maximum absolute atomic E-state index is 12.7. The molecule has 1 aromatic rings. The minimum Gasteiger partial charge on any atom is -0.493 e. The molecule has 0 spiro atoms. The predicted octanol–water partition coefficient (Wildman–Crippen LogP) is 3.44. The van der Waals surface area contributed by atoms with Crippen molar-refractivity contribution < 1.29 is 14.3 Å². The summed E-state index contributed by atoms with van der Waals surface area (Å²) in [6.07, 6.45) is 2.67. The Balaban J connectivity index is 1.65. The fraction of sp³-hybridized carbons (Fsp3) is 0.652. The lowest BCUT2D eigenvalue weighted by atomic mass is 9.78. The van der Waals surface area contributed by atoms with E-state index in [4.69, 9.17) is 4.74 Å². The monoisotopic (exact) mass is 386 g/mol. The molecule has 0 radical (unpaired) electrons. The van der Waals surface area contributed by atoms with Crippen LogP contribution in [0.2, 0.25) is 0 Å². The average molecular weight is 387 g/mol. The first-order chi connectivity index (χ1) is 13.4. The molecule has 2 aliphatic heterocycles. The minimum absolute atomic E-state index is 0.169. The third kappa shape index (κ3) is 5.27. The van der Waals surface area contributed by atoms with Gasteiger partial charge in [-0.3, -0.25) is 9.59 Å². The summed E-state index contributed by atoms with van der Waals surface area (Å²) in [4.78, 5) is 28.3. The van der Waals surface area contributed by atoms with Gasteiger partial charge in [-0.1, -0.05) is 32.0 Å². The molecule has 2 saturated heterocycles. The standard InChI is InChI=1S/C23H34N2O3/c1-17(2)13-23(27)25-14-20(16-28-21-7-5-4-6-8-21)22(15-25)19-9-11-24(12-10-19)18(3)26/h4-8,17,19-20,22H,9-16H2,1-3H3/t20-,22-/m0/s1. The van der Waals surface area contributed by atoms with Gasteiger partial charge in [0.1, 0.15) is 5.75 Å². The molecule has 154 valence electrons. The van der Waals surface area contributed by atoms with Gasteiger partial charge in [-0.2, -0.15) is 0 Å². The van der Waals surface area contributed by atoms with Crippen LogP contribution in [0.3, 0.4) is 0 Å². The molecule has 2 heterocycles. The normalized spacial score (nSPS) is 23.3. The zero-order valence-corrected chi connectivity index (χ0v) is 17.5. The molecule has 0 aliphatic carbocycles. The van der Waals surface area contributed by atoms with Gasteiger partial charge in [0.05, 0.1) is 6.61 Å². The maximum atomic E-state index is 12.7. The van der Waals surface area contributed by atoms with Crippen LogP contribution in [0.1, 0.15) is 40.0 Å². The number of rotatable bonds is 6. The summed E-state index contributed by atoms with van der Waals surface area (Å²) in [5.41, 5.74) is 0. The topological polar surface area (TPSA) is 49.9 Å². The molecule has 3 rings (SSSR count). The summed E-state index contributed by atoms with van der Waals surface area (Å²) in [5.74, 6) is 3.06. The van der Waals surface area contributed by atoms with E-state index in [0.29, 0.717) is 36.7 Å².